The number of halogens is 1. The highest BCUT2D eigenvalue weighted by Crippen LogP contribution is 2.09. The van der Waals surface area contributed by atoms with Crippen LogP contribution in [-0.2, 0) is 4.79 Å². The Bertz CT molecular complexity index is 411. The number of carbonyl (C=O) groups is 1. The van der Waals surface area contributed by atoms with Crippen LogP contribution in [0.3, 0.4) is 0 Å². The highest BCUT2D eigenvalue weighted by molar-refractivity contribution is 6.28. The molecule has 0 radical (unpaired) electrons. The normalized spacial score (nSPS) is 10.0. The van der Waals surface area contributed by atoms with Gasteiger partial charge in [-0.3, -0.25) is 4.79 Å². The van der Waals surface area contributed by atoms with Gasteiger partial charge in [0, 0.05) is 33.6 Å². The van der Waals surface area contributed by atoms with E-state index in [0.29, 0.717) is 31.4 Å². The zero-order valence-corrected chi connectivity index (χ0v) is 11.5. The first-order valence-corrected chi connectivity index (χ1v) is 6.00. The Morgan fingerprint density at radius 2 is 1.83 bits per heavy atom. The molecule has 1 aromatic heterocycles. The minimum atomic E-state index is 0.0366. The molecule has 0 aliphatic rings. The molecule has 1 heterocycles. The number of nitrogens with zero attached hydrogens (tertiary/aromatic N) is 4. The summed E-state index contributed by atoms with van der Waals surface area (Å²) in [7, 11) is 3.43. The molecule has 2 N–H and O–H groups in total. The van der Waals surface area contributed by atoms with Crippen molar-refractivity contribution in [1.82, 2.24) is 19.9 Å². The third kappa shape index (κ3) is 4.70. The second kappa shape index (κ2) is 6.95. The van der Waals surface area contributed by atoms with E-state index in [-0.39, 0.29) is 11.2 Å². The Balaban J connectivity index is 2.54. The number of rotatable bonds is 6. The van der Waals surface area contributed by atoms with E-state index in [1.54, 1.807) is 14.1 Å². The molecule has 0 saturated heterocycles. The summed E-state index contributed by atoms with van der Waals surface area (Å²) >= 11 is 5.76. The molecule has 0 bridgehead atoms. The van der Waals surface area contributed by atoms with Gasteiger partial charge in [0.05, 0.1) is 0 Å². The summed E-state index contributed by atoms with van der Waals surface area (Å²) in [5.74, 6) is 0.811. The first kappa shape index (κ1) is 14.4. The SMILES string of the molecule is CCNc1nc(Cl)nc(NCCC(=O)N(C)C)n1. The van der Waals surface area contributed by atoms with Gasteiger partial charge < -0.3 is 15.5 Å². The van der Waals surface area contributed by atoms with Crippen molar-refractivity contribution in [1.29, 1.82) is 0 Å². The molecule has 100 valence electrons. The average Bonchev–Trinajstić information content (AvgIpc) is 2.28. The van der Waals surface area contributed by atoms with Crippen LogP contribution in [0.2, 0.25) is 5.28 Å². The summed E-state index contributed by atoms with van der Waals surface area (Å²) in [5.41, 5.74) is 0. The molecule has 1 amide bonds. The van der Waals surface area contributed by atoms with Crippen LogP contribution in [0.5, 0.6) is 0 Å². The lowest BCUT2D eigenvalue weighted by Gasteiger charge is -2.10. The van der Waals surface area contributed by atoms with Gasteiger partial charge in [-0.1, -0.05) is 0 Å². The van der Waals surface area contributed by atoms with Crippen LogP contribution in [0, 0.1) is 0 Å². The van der Waals surface area contributed by atoms with E-state index >= 15 is 0 Å². The van der Waals surface area contributed by atoms with Crippen LogP contribution in [-0.4, -0.2) is 52.9 Å². The van der Waals surface area contributed by atoms with Gasteiger partial charge in [-0.2, -0.15) is 15.0 Å². The van der Waals surface area contributed by atoms with E-state index < -0.39 is 0 Å². The lowest BCUT2D eigenvalue weighted by molar-refractivity contribution is -0.128. The van der Waals surface area contributed by atoms with E-state index in [0.717, 1.165) is 0 Å². The topological polar surface area (TPSA) is 83.0 Å². The van der Waals surface area contributed by atoms with Crippen LogP contribution < -0.4 is 10.6 Å². The standard InChI is InChI=1S/C10H17ClN6O/c1-4-12-9-14-8(11)15-10(16-9)13-6-5-7(18)17(2)3/h4-6H2,1-3H3,(H2,12,13,14,15,16). The molecule has 8 heteroatoms. The van der Waals surface area contributed by atoms with Gasteiger partial charge in [-0.15, -0.1) is 0 Å². The Morgan fingerprint density at radius 1 is 1.22 bits per heavy atom. The Kier molecular flexibility index (Phi) is 5.57. The summed E-state index contributed by atoms with van der Waals surface area (Å²) < 4.78 is 0. The summed E-state index contributed by atoms with van der Waals surface area (Å²) in [5, 5.41) is 5.99. The van der Waals surface area contributed by atoms with Crippen molar-refractivity contribution < 1.29 is 4.79 Å². The van der Waals surface area contributed by atoms with Crippen LogP contribution in [0.25, 0.3) is 0 Å². The molecule has 0 fully saturated rings. The number of carbonyl (C=O) groups excluding carboxylic acids is 1. The quantitative estimate of drug-likeness (QED) is 0.799. The highest BCUT2D eigenvalue weighted by Gasteiger charge is 2.06. The smallest absolute Gasteiger partial charge is 0.228 e. The summed E-state index contributed by atoms with van der Waals surface area (Å²) in [6, 6.07) is 0. The van der Waals surface area contributed by atoms with Crippen molar-refractivity contribution in [3.8, 4) is 0 Å². The van der Waals surface area contributed by atoms with E-state index in [1.165, 1.54) is 4.90 Å². The van der Waals surface area contributed by atoms with Gasteiger partial charge in [0.15, 0.2) is 0 Å². The van der Waals surface area contributed by atoms with Crippen molar-refractivity contribution in [2.45, 2.75) is 13.3 Å². The number of hydrogen-bond donors (Lipinski definition) is 2. The van der Waals surface area contributed by atoms with Gasteiger partial charge in [-0.25, -0.2) is 0 Å². The number of hydrogen-bond acceptors (Lipinski definition) is 6. The molecule has 0 aliphatic heterocycles. The van der Waals surface area contributed by atoms with Gasteiger partial charge in [0.2, 0.25) is 23.1 Å². The zero-order chi connectivity index (χ0) is 13.5. The summed E-state index contributed by atoms with van der Waals surface area (Å²) in [6.45, 7) is 3.07. The van der Waals surface area contributed by atoms with E-state index in [4.69, 9.17) is 11.6 Å². The first-order valence-electron chi connectivity index (χ1n) is 5.62. The van der Waals surface area contributed by atoms with Crippen molar-refractivity contribution in [2.24, 2.45) is 0 Å². The second-order valence-electron chi connectivity index (χ2n) is 3.75. The highest BCUT2D eigenvalue weighted by atomic mass is 35.5. The van der Waals surface area contributed by atoms with Gasteiger partial charge in [0.1, 0.15) is 0 Å². The van der Waals surface area contributed by atoms with Crippen molar-refractivity contribution >= 4 is 29.4 Å². The first-order chi connectivity index (χ1) is 8.52. The number of anilines is 2. The second-order valence-corrected chi connectivity index (χ2v) is 4.08. The average molecular weight is 273 g/mol. The molecular weight excluding hydrogens is 256 g/mol. The van der Waals surface area contributed by atoms with Crippen LogP contribution in [0.1, 0.15) is 13.3 Å². The third-order valence-electron chi connectivity index (χ3n) is 2.06. The number of nitrogens with one attached hydrogen (secondary N) is 2. The van der Waals surface area contributed by atoms with Crippen LogP contribution >= 0.6 is 11.6 Å². The predicted octanol–water partition coefficient (Wildman–Crippen LogP) is 0.847. The molecule has 0 spiro atoms. The van der Waals surface area contributed by atoms with Crippen molar-refractivity contribution in [3.63, 3.8) is 0 Å². The lowest BCUT2D eigenvalue weighted by Crippen LogP contribution is -2.24. The molecule has 0 atom stereocenters. The lowest BCUT2D eigenvalue weighted by atomic mass is 10.4. The van der Waals surface area contributed by atoms with Crippen LogP contribution in [0.15, 0.2) is 0 Å². The Hall–Kier alpha value is -1.63. The third-order valence-corrected chi connectivity index (χ3v) is 2.23. The maximum absolute atomic E-state index is 11.4. The monoisotopic (exact) mass is 272 g/mol. The van der Waals surface area contributed by atoms with Gasteiger partial charge in [-0.05, 0) is 18.5 Å². The Labute approximate surface area is 111 Å². The zero-order valence-electron chi connectivity index (χ0n) is 10.7. The summed E-state index contributed by atoms with van der Waals surface area (Å²) in [6.07, 6.45) is 0.368. The summed E-state index contributed by atoms with van der Waals surface area (Å²) in [4.78, 5) is 24.8. The fraction of sp³-hybridized carbons (Fsp3) is 0.600. The van der Waals surface area contributed by atoms with E-state index in [9.17, 15) is 4.79 Å². The predicted molar refractivity (Wildman–Crippen MR) is 70.8 cm³/mol. The van der Waals surface area contributed by atoms with E-state index in [1.807, 2.05) is 6.92 Å². The molecule has 0 unspecified atom stereocenters. The maximum atomic E-state index is 11.4. The van der Waals surface area contributed by atoms with E-state index in [2.05, 4.69) is 25.6 Å². The molecule has 1 rings (SSSR count). The molecule has 18 heavy (non-hydrogen) atoms. The largest absolute Gasteiger partial charge is 0.354 e. The molecule has 0 aromatic carbocycles. The fourth-order valence-electron chi connectivity index (χ4n) is 1.17. The van der Waals surface area contributed by atoms with Crippen molar-refractivity contribution in [3.05, 3.63) is 5.28 Å². The Morgan fingerprint density at radius 3 is 2.39 bits per heavy atom. The van der Waals surface area contributed by atoms with Gasteiger partial charge in [0.25, 0.3) is 0 Å². The molecule has 0 aliphatic carbocycles. The molecule has 0 saturated carbocycles. The van der Waals surface area contributed by atoms with Crippen molar-refractivity contribution in [2.75, 3.05) is 37.8 Å². The molecule has 1 aromatic rings. The molecule has 7 nitrogen and oxygen atoms in total. The minimum Gasteiger partial charge on any atom is -0.354 e. The maximum Gasteiger partial charge on any atom is 0.228 e. The fourth-order valence-corrected chi connectivity index (χ4v) is 1.33. The number of amides is 1. The van der Waals surface area contributed by atoms with Gasteiger partial charge >= 0.3 is 0 Å². The molecular formula is C10H17ClN6O. The number of aromatic nitrogens is 3. The van der Waals surface area contributed by atoms with Crippen LogP contribution in [0.4, 0.5) is 11.9 Å². The minimum absolute atomic E-state index is 0.0366.